The topological polar surface area (TPSA) is 35.5 Å². The third-order valence-corrected chi connectivity index (χ3v) is 4.23. The van der Waals surface area contributed by atoms with Crippen molar-refractivity contribution in [1.82, 2.24) is 0 Å². The molecule has 0 aliphatic heterocycles. The Kier molecular flexibility index (Phi) is 4.57. The number of hydrogen-bond donors (Lipinski definition) is 0. The molecule has 0 aromatic carbocycles. The standard InChI is InChI=1S/C14H24O3/c1-2-3-8-16-9-10-17-13-11-12(15)14(13)6-4-5-7-14/h13H,2-11H2,1H3. The summed E-state index contributed by atoms with van der Waals surface area (Å²) < 4.78 is 11.3. The second-order valence-electron chi connectivity index (χ2n) is 5.32. The maximum absolute atomic E-state index is 11.7. The van der Waals surface area contributed by atoms with Gasteiger partial charge in [0.25, 0.3) is 0 Å². The van der Waals surface area contributed by atoms with Crippen molar-refractivity contribution in [2.45, 2.75) is 58.0 Å². The zero-order valence-electron chi connectivity index (χ0n) is 10.9. The molecule has 3 heteroatoms. The lowest BCUT2D eigenvalue weighted by atomic mass is 9.63. The van der Waals surface area contributed by atoms with Crippen molar-refractivity contribution in [3.05, 3.63) is 0 Å². The summed E-state index contributed by atoms with van der Waals surface area (Å²) in [7, 11) is 0. The average molecular weight is 240 g/mol. The first-order chi connectivity index (χ1) is 8.29. The summed E-state index contributed by atoms with van der Waals surface area (Å²) in [6, 6.07) is 0. The summed E-state index contributed by atoms with van der Waals surface area (Å²) in [5, 5.41) is 0. The second kappa shape index (κ2) is 5.96. The van der Waals surface area contributed by atoms with Crippen molar-refractivity contribution in [2.24, 2.45) is 5.41 Å². The fraction of sp³-hybridized carbons (Fsp3) is 0.929. The van der Waals surface area contributed by atoms with Crippen LogP contribution < -0.4 is 0 Å². The smallest absolute Gasteiger partial charge is 0.144 e. The Morgan fingerprint density at radius 1 is 1.24 bits per heavy atom. The van der Waals surface area contributed by atoms with Gasteiger partial charge >= 0.3 is 0 Å². The number of carbonyl (C=O) groups excluding carboxylic acids is 1. The minimum absolute atomic E-state index is 0.0799. The molecule has 2 rings (SSSR count). The average Bonchev–Trinajstić information content (AvgIpc) is 2.84. The molecule has 17 heavy (non-hydrogen) atoms. The molecule has 2 fully saturated rings. The molecule has 0 saturated heterocycles. The molecule has 2 aliphatic carbocycles. The molecule has 98 valence electrons. The number of ether oxygens (including phenoxy) is 2. The van der Waals surface area contributed by atoms with Gasteiger partial charge in [-0.2, -0.15) is 0 Å². The molecular weight excluding hydrogens is 216 g/mol. The molecule has 0 amide bonds. The van der Waals surface area contributed by atoms with Crippen molar-refractivity contribution in [3.8, 4) is 0 Å². The molecule has 3 nitrogen and oxygen atoms in total. The van der Waals surface area contributed by atoms with Gasteiger partial charge in [-0.3, -0.25) is 4.79 Å². The van der Waals surface area contributed by atoms with Crippen LogP contribution in [0.4, 0.5) is 0 Å². The monoisotopic (exact) mass is 240 g/mol. The summed E-state index contributed by atoms with van der Waals surface area (Å²) in [6.07, 6.45) is 7.59. The summed E-state index contributed by atoms with van der Waals surface area (Å²) in [6.45, 7) is 4.29. The summed E-state index contributed by atoms with van der Waals surface area (Å²) in [4.78, 5) is 11.7. The first-order valence-electron chi connectivity index (χ1n) is 7.02. The van der Waals surface area contributed by atoms with E-state index in [2.05, 4.69) is 6.92 Å². The van der Waals surface area contributed by atoms with E-state index in [1.807, 2.05) is 0 Å². The van der Waals surface area contributed by atoms with Crippen molar-refractivity contribution in [1.29, 1.82) is 0 Å². The van der Waals surface area contributed by atoms with E-state index in [1.165, 1.54) is 19.3 Å². The maximum Gasteiger partial charge on any atom is 0.144 e. The number of unbranched alkanes of at least 4 members (excludes halogenated alkanes) is 1. The molecule has 0 heterocycles. The van der Waals surface area contributed by atoms with Crippen LogP contribution in [0.15, 0.2) is 0 Å². The molecule has 2 saturated carbocycles. The quantitative estimate of drug-likeness (QED) is 0.642. The van der Waals surface area contributed by atoms with E-state index in [0.717, 1.165) is 25.9 Å². The van der Waals surface area contributed by atoms with Crippen LogP contribution in [0, 0.1) is 5.41 Å². The van der Waals surface area contributed by atoms with Crippen LogP contribution >= 0.6 is 0 Å². The predicted molar refractivity (Wildman–Crippen MR) is 66.0 cm³/mol. The molecule has 0 bridgehead atoms. The van der Waals surface area contributed by atoms with Gasteiger partial charge in [0.15, 0.2) is 0 Å². The fourth-order valence-corrected chi connectivity index (χ4v) is 3.04. The largest absolute Gasteiger partial charge is 0.379 e. The second-order valence-corrected chi connectivity index (χ2v) is 5.32. The van der Waals surface area contributed by atoms with Gasteiger partial charge in [0, 0.05) is 13.0 Å². The molecule has 0 N–H and O–H groups in total. The molecule has 1 spiro atoms. The zero-order valence-corrected chi connectivity index (χ0v) is 10.9. The van der Waals surface area contributed by atoms with E-state index < -0.39 is 0 Å². The summed E-state index contributed by atoms with van der Waals surface area (Å²) in [5.74, 6) is 0.437. The number of Topliss-reactive ketones (excluding diaryl/α,β-unsaturated/α-hetero) is 1. The van der Waals surface area contributed by atoms with E-state index in [1.54, 1.807) is 0 Å². The van der Waals surface area contributed by atoms with E-state index in [4.69, 9.17) is 9.47 Å². The van der Waals surface area contributed by atoms with Gasteiger partial charge < -0.3 is 9.47 Å². The van der Waals surface area contributed by atoms with Gasteiger partial charge in [0.1, 0.15) is 5.78 Å². The Balaban J connectivity index is 1.62. The van der Waals surface area contributed by atoms with Gasteiger partial charge in [0.2, 0.25) is 0 Å². The Bertz CT molecular complexity index is 256. The highest BCUT2D eigenvalue weighted by Crippen LogP contribution is 2.51. The third-order valence-electron chi connectivity index (χ3n) is 4.23. The Morgan fingerprint density at radius 3 is 2.65 bits per heavy atom. The van der Waals surface area contributed by atoms with E-state index >= 15 is 0 Å². The van der Waals surface area contributed by atoms with Crippen LogP contribution in [0.2, 0.25) is 0 Å². The molecule has 0 aromatic heterocycles. The number of rotatable bonds is 7. The number of ketones is 1. The van der Waals surface area contributed by atoms with E-state index in [9.17, 15) is 4.79 Å². The van der Waals surface area contributed by atoms with Crippen molar-refractivity contribution >= 4 is 5.78 Å². The molecular formula is C14H24O3. The lowest BCUT2D eigenvalue weighted by Gasteiger charge is -2.44. The summed E-state index contributed by atoms with van der Waals surface area (Å²) in [5.41, 5.74) is -0.0799. The Hall–Kier alpha value is -0.410. The van der Waals surface area contributed by atoms with Crippen LogP contribution in [0.1, 0.15) is 51.9 Å². The zero-order chi connectivity index (χ0) is 12.1. The van der Waals surface area contributed by atoms with Crippen LogP contribution in [0.3, 0.4) is 0 Å². The Morgan fingerprint density at radius 2 is 2.00 bits per heavy atom. The molecule has 1 unspecified atom stereocenters. The Labute approximate surface area is 104 Å². The van der Waals surface area contributed by atoms with Crippen molar-refractivity contribution < 1.29 is 14.3 Å². The lowest BCUT2D eigenvalue weighted by molar-refractivity contribution is -0.164. The van der Waals surface area contributed by atoms with Gasteiger partial charge in [-0.05, 0) is 19.3 Å². The number of carbonyl (C=O) groups is 1. The van der Waals surface area contributed by atoms with Crippen molar-refractivity contribution in [3.63, 3.8) is 0 Å². The summed E-state index contributed by atoms with van der Waals surface area (Å²) >= 11 is 0. The fourth-order valence-electron chi connectivity index (χ4n) is 3.04. The minimum atomic E-state index is -0.0799. The van der Waals surface area contributed by atoms with E-state index in [0.29, 0.717) is 25.4 Å². The highest BCUT2D eigenvalue weighted by atomic mass is 16.5. The number of hydrogen-bond acceptors (Lipinski definition) is 3. The SMILES string of the molecule is CCCCOCCOC1CC(=O)C12CCCC2. The molecule has 2 aliphatic rings. The van der Waals surface area contributed by atoms with E-state index in [-0.39, 0.29) is 11.5 Å². The van der Waals surface area contributed by atoms with Gasteiger partial charge in [0.05, 0.1) is 24.7 Å². The molecule has 0 radical (unpaired) electrons. The highest BCUT2D eigenvalue weighted by Gasteiger charge is 2.56. The normalized spacial score (nSPS) is 26.4. The minimum Gasteiger partial charge on any atom is -0.379 e. The van der Waals surface area contributed by atoms with Gasteiger partial charge in [-0.15, -0.1) is 0 Å². The van der Waals surface area contributed by atoms with Crippen LogP contribution in [0.5, 0.6) is 0 Å². The maximum atomic E-state index is 11.7. The van der Waals surface area contributed by atoms with Gasteiger partial charge in [-0.1, -0.05) is 26.2 Å². The van der Waals surface area contributed by atoms with Crippen LogP contribution in [-0.2, 0) is 14.3 Å². The lowest BCUT2D eigenvalue weighted by Crippen LogP contribution is -2.53. The van der Waals surface area contributed by atoms with Crippen LogP contribution in [0.25, 0.3) is 0 Å². The van der Waals surface area contributed by atoms with Crippen molar-refractivity contribution in [2.75, 3.05) is 19.8 Å². The van der Waals surface area contributed by atoms with Gasteiger partial charge in [-0.25, -0.2) is 0 Å². The highest BCUT2D eigenvalue weighted by molar-refractivity contribution is 5.92. The molecule has 1 atom stereocenters. The molecule has 0 aromatic rings. The van der Waals surface area contributed by atoms with Crippen LogP contribution in [-0.4, -0.2) is 31.7 Å². The predicted octanol–water partition coefficient (Wildman–Crippen LogP) is 2.72. The third kappa shape index (κ3) is 2.71. The first-order valence-corrected chi connectivity index (χ1v) is 7.02. The first kappa shape index (κ1) is 13.0.